The minimum absolute atomic E-state index is 0.112. The highest BCUT2D eigenvalue weighted by Crippen LogP contribution is 2.26. The normalized spacial score (nSPS) is 11.9. The number of benzene rings is 1. The first-order valence-electron chi connectivity index (χ1n) is 6.36. The molecule has 0 heterocycles. The predicted octanol–water partition coefficient (Wildman–Crippen LogP) is 2.89. The molecular weight excluding hydrogens is 228 g/mol. The van der Waals surface area contributed by atoms with Crippen LogP contribution in [0.5, 0.6) is 5.75 Å². The van der Waals surface area contributed by atoms with Crippen LogP contribution in [0.2, 0.25) is 0 Å². The van der Waals surface area contributed by atoms with E-state index in [0.717, 1.165) is 18.4 Å². The number of urea groups is 1. The van der Waals surface area contributed by atoms with Crippen LogP contribution >= 0.6 is 0 Å². The molecule has 1 unspecified atom stereocenters. The number of para-hydroxylation sites is 1. The van der Waals surface area contributed by atoms with Crippen molar-refractivity contribution in [2.75, 3.05) is 13.6 Å². The Morgan fingerprint density at radius 1 is 1.44 bits per heavy atom. The Hall–Kier alpha value is -1.71. The van der Waals surface area contributed by atoms with Gasteiger partial charge < -0.3 is 15.3 Å². The van der Waals surface area contributed by atoms with E-state index in [2.05, 4.69) is 12.2 Å². The second-order valence-corrected chi connectivity index (χ2v) is 4.43. The van der Waals surface area contributed by atoms with E-state index in [1.165, 1.54) is 0 Å². The van der Waals surface area contributed by atoms with Crippen LogP contribution in [0.4, 0.5) is 4.79 Å². The fourth-order valence-electron chi connectivity index (χ4n) is 1.72. The quantitative estimate of drug-likeness (QED) is 0.789. The van der Waals surface area contributed by atoms with Crippen molar-refractivity contribution in [3.05, 3.63) is 29.8 Å². The van der Waals surface area contributed by atoms with Crippen LogP contribution in [-0.2, 0) is 0 Å². The van der Waals surface area contributed by atoms with Gasteiger partial charge in [-0.1, -0.05) is 31.5 Å². The van der Waals surface area contributed by atoms with E-state index in [9.17, 15) is 9.90 Å². The van der Waals surface area contributed by atoms with Gasteiger partial charge in [-0.05, 0) is 19.4 Å². The molecule has 4 heteroatoms. The maximum absolute atomic E-state index is 11.9. The zero-order valence-corrected chi connectivity index (χ0v) is 11.3. The fourth-order valence-corrected chi connectivity index (χ4v) is 1.72. The van der Waals surface area contributed by atoms with E-state index in [1.54, 1.807) is 24.1 Å². The molecule has 0 aromatic heterocycles. The van der Waals surface area contributed by atoms with Crippen molar-refractivity contribution in [3.8, 4) is 5.75 Å². The third kappa shape index (κ3) is 3.65. The van der Waals surface area contributed by atoms with Crippen LogP contribution in [-0.4, -0.2) is 29.6 Å². The lowest BCUT2D eigenvalue weighted by atomic mass is 10.1. The van der Waals surface area contributed by atoms with Crippen molar-refractivity contribution in [1.29, 1.82) is 0 Å². The zero-order chi connectivity index (χ0) is 13.5. The Kier molecular flexibility index (Phi) is 5.49. The maximum atomic E-state index is 11.9. The Balaban J connectivity index is 2.63. The van der Waals surface area contributed by atoms with E-state index in [-0.39, 0.29) is 17.8 Å². The van der Waals surface area contributed by atoms with Gasteiger partial charge in [-0.25, -0.2) is 4.79 Å². The summed E-state index contributed by atoms with van der Waals surface area (Å²) in [7, 11) is 1.73. The van der Waals surface area contributed by atoms with Gasteiger partial charge in [0.15, 0.2) is 0 Å². The molecule has 18 heavy (non-hydrogen) atoms. The second-order valence-electron chi connectivity index (χ2n) is 4.43. The van der Waals surface area contributed by atoms with Gasteiger partial charge in [-0.3, -0.25) is 0 Å². The third-order valence-electron chi connectivity index (χ3n) is 3.09. The first kappa shape index (κ1) is 14.4. The van der Waals surface area contributed by atoms with Crippen molar-refractivity contribution in [2.45, 2.75) is 32.7 Å². The number of hydrogen-bond donors (Lipinski definition) is 2. The summed E-state index contributed by atoms with van der Waals surface area (Å²) in [4.78, 5) is 13.5. The highest BCUT2D eigenvalue weighted by molar-refractivity contribution is 5.74. The van der Waals surface area contributed by atoms with Crippen LogP contribution in [0.25, 0.3) is 0 Å². The first-order valence-corrected chi connectivity index (χ1v) is 6.36. The molecule has 1 rings (SSSR count). The lowest BCUT2D eigenvalue weighted by molar-refractivity contribution is 0.193. The standard InChI is InChI=1S/C14H22N2O2/c1-4-5-10-15-14(18)16(3)11(2)12-8-6-7-9-13(12)17/h6-9,11,17H,4-5,10H2,1-3H3,(H,15,18). The van der Waals surface area contributed by atoms with Crippen LogP contribution in [0.1, 0.15) is 38.3 Å². The van der Waals surface area contributed by atoms with Gasteiger partial charge >= 0.3 is 6.03 Å². The van der Waals surface area contributed by atoms with Gasteiger partial charge in [0, 0.05) is 19.2 Å². The SMILES string of the molecule is CCCCNC(=O)N(C)C(C)c1ccccc1O. The predicted molar refractivity (Wildman–Crippen MR) is 72.6 cm³/mol. The molecule has 2 amide bonds. The molecule has 0 bridgehead atoms. The summed E-state index contributed by atoms with van der Waals surface area (Å²) in [5.74, 6) is 0.221. The number of carbonyl (C=O) groups is 1. The molecule has 1 aromatic rings. The molecular formula is C14H22N2O2. The summed E-state index contributed by atoms with van der Waals surface area (Å²) in [6.07, 6.45) is 2.03. The summed E-state index contributed by atoms with van der Waals surface area (Å²) < 4.78 is 0. The lowest BCUT2D eigenvalue weighted by Gasteiger charge is -2.26. The molecule has 2 N–H and O–H groups in total. The van der Waals surface area contributed by atoms with E-state index < -0.39 is 0 Å². The molecule has 0 saturated heterocycles. The van der Waals surface area contributed by atoms with Crippen LogP contribution in [0.3, 0.4) is 0 Å². The molecule has 0 aliphatic carbocycles. The van der Waals surface area contributed by atoms with Gasteiger partial charge in [0.1, 0.15) is 5.75 Å². The number of hydrogen-bond acceptors (Lipinski definition) is 2. The van der Waals surface area contributed by atoms with Crippen molar-refractivity contribution >= 4 is 6.03 Å². The maximum Gasteiger partial charge on any atom is 0.317 e. The molecule has 0 aliphatic rings. The van der Waals surface area contributed by atoms with Crippen molar-refractivity contribution in [1.82, 2.24) is 10.2 Å². The zero-order valence-electron chi connectivity index (χ0n) is 11.3. The largest absolute Gasteiger partial charge is 0.508 e. The van der Waals surface area contributed by atoms with Crippen LogP contribution in [0, 0.1) is 0 Å². The Morgan fingerprint density at radius 2 is 2.11 bits per heavy atom. The Morgan fingerprint density at radius 3 is 2.72 bits per heavy atom. The molecule has 0 fully saturated rings. The molecule has 100 valence electrons. The highest BCUT2D eigenvalue weighted by atomic mass is 16.3. The van der Waals surface area contributed by atoms with E-state index in [1.807, 2.05) is 19.1 Å². The fraction of sp³-hybridized carbons (Fsp3) is 0.500. The average Bonchev–Trinajstić information content (AvgIpc) is 2.38. The topological polar surface area (TPSA) is 52.6 Å². The number of unbranched alkanes of at least 4 members (excludes halogenated alkanes) is 1. The van der Waals surface area contributed by atoms with Gasteiger partial charge in [0.05, 0.1) is 6.04 Å². The van der Waals surface area contributed by atoms with Gasteiger partial charge in [0.25, 0.3) is 0 Å². The summed E-state index contributed by atoms with van der Waals surface area (Å²) in [5, 5.41) is 12.6. The number of nitrogens with one attached hydrogen (secondary N) is 1. The number of carbonyl (C=O) groups excluding carboxylic acids is 1. The molecule has 0 radical (unpaired) electrons. The number of phenolic OH excluding ortho intramolecular Hbond substituents is 1. The summed E-state index contributed by atoms with van der Waals surface area (Å²) in [6, 6.07) is 6.82. The molecule has 0 aliphatic heterocycles. The third-order valence-corrected chi connectivity index (χ3v) is 3.09. The molecule has 4 nitrogen and oxygen atoms in total. The second kappa shape index (κ2) is 6.89. The van der Waals surface area contributed by atoms with Crippen LogP contribution < -0.4 is 5.32 Å². The van der Waals surface area contributed by atoms with E-state index >= 15 is 0 Å². The molecule has 1 atom stereocenters. The van der Waals surface area contributed by atoms with E-state index in [0.29, 0.717) is 6.54 Å². The summed E-state index contributed by atoms with van der Waals surface area (Å²) in [6.45, 7) is 4.67. The minimum atomic E-state index is -0.159. The summed E-state index contributed by atoms with van der Waals surface area (Å²) >= 11 is 0. The number of amides is 2. The molecule has 1 aromatic carbocycles. The first-order chi connectivity index (χ1) is 8.57. The monoisotopic (exact) mass is 250 g/mol. The van der Waals surface area contributed by atoms with E-state index in [4.69, 9.17) is 0 Å². The van der Waals surface area contributed by atoms with Crippen LogP contribution in [0.15, 0.2) is 24.3 Å². The van der Waals surface area contributed by atoms with Crippen molar-refractivity contribution < 1.29 is 9.90 Å². The van der Waals surface area contributed by atoms with Crippen molar-refractivity contribution in [3.63, 3.8) is 0 Å². The number of phenols is 1. The summed E-state index contributed by atoms with van der Waals surface area (Å²) in [5.41, 5.74) is 0.755. The van der Waals surface area contributed by atoms with Gasteiger partial charge in [-0.2, -0.15) is 0 Å². The average molecular weight is 250 g/mol. The lowest BCUT2D eigenvalue weighted by Crippen LogP contribution is -2.39. The van der Waals surface area contributed by atoms with Crippen molar-refractivity contribution in [2.24, 2.45) is 0 Å². The Bertz CT molecular complexity index is 393. The number of rotatable bonds is 5. The van der Waals surface area contributed by atoms with Gasteiger partial charge in [0.2, 0.25) is 0 Å². The number of aromatic hydroxyl groups is 1. The molecule has 0 saturated carbocycles. The van der Waals surface area contributed by atoms with Gasteiger partial charge in [-0.15, -0.1) is 0 Å². The Labute approximate surface area is 109 Å². The smallest absolute Gasteiger partial charge is 0.317 e. The minimum Gasteiger partial charge on any atom is -0.508 e. The molecule has 0 spiro atoms. The highest BCUT2D eigenvalue weighted by Gasteiger charge is 2.18. The number of nitrogens with zero attached hydrogens (tertiary/aromatic N) is 1.